The van der Waals surface area contributed by atoms with E-state index in [0.717, 1.165) is 6.07 Å². The van der Waals surface area contributed by atoms with E-state index in [2.05, 4.69) is 4.98 Å². The van der Waals surface area contributed by atoms with Crippen LogP contribution in [0, 0.1) is 5.41 Å². The van der Waals surface area contributed by atoms with Gasteiger partial charge in [-0.15, -0.1) is 0 Å². The number of nitrogens with one attached hydrogen (secondary N) is 1. The summed E-state index contributed by atoms with van der Waals surface area (Å²) in [7, 11) is 1.50. The van der Waals surface area contributed by atoms with E-state index in [9.17, 15) is 13.2 Å². The normalized spacial score (nSPS) is 11.2. The Bertz CT molecular complexity index is 650. The van der Waals surface area contributed by atoms with Gasteiger partial charge < -0.3 is 10.6 Å². The molecule has 0 radical (unpaired) electrons. The molecule has 0 amide bonds. The third kappa shape index (κ3) is 3.13. The fourth-order valence-corrected chi connectivity index (χ4v) is 1.87. The molecular weight excluding hydrogens is 281 g/mol. The first-order valence-corrected chi connectivity index (χ1v) is 6.01. The minimum Gasteiger partial charge on any atom is -0.384 e. The van der Waals surface area contributed by atoms with Gasteiger partial charge in [-0.25, -0.2) is 4.98 Å². The number of nitrogen functional groups attached to an aromatic ring is 1. The molecule has 0 aliphatic carbocycles. The first-order valence-electron chi connectivity index (χ1n) is 6.01. The number of nitrogens with zero attached hydrogens (tertiary/aromatic N) is 2. The van der Waals surface area contributed by atoms with Crippen molar-refractivity contribution < 1.29 is 13.2 Å². The van der Waals surface area contributed by atoms with Gasteiger partial charge in [0.2, 0.25) is 0 Å². The smallest absolute Gasteiger partial charge is 0.384 e. The SMILES string of the molecule is CN(c1ccc(C(=N)N)cc1)c1ncccc1C(F)(F)F. The molecule has 0 atom stereocenters. The van der Waals surface area contributed by atoms with Crippen molar-refractivity contribution in [1.82, 2.24) is 4.98 Å². The predicted molar refractivity (Wildman–Crippen MR) is 74.8 cm³/mol. The van der Waals surface area contributed by atoms with E-state index in [-0.39, 0.29) is 11.7 Å². The van der Waals surface area contributed by atoms with Crippen LogP contribution in [-0.2, 0) is 6.18 Å². The van der Waals surface area contributed by atoms with Gasteiger partial charge in [0.15, 0.2) is 0 Å². The fourth-order valence-electron chi connectivity index (χ4n) is 1.87. The molecule has 0 saturated heterocycles. The maximum absolute atomic E-state index is 13.0. The second kappa shape index (κ2) is 5.43. The van der Waals surface area contributed by atoms with Gasteiger partial charge in [-0.1, -0.05) is 0 Å². The quantitative estimate of drug-likeness (QED) is 0.675. The zero-order valence-corrected chi connectivity index (χ0v) is 11.1. The van der Waals surface area contributed by atoms with Gasteiger partial charge in [-0.3, -0.25) is 5.41 Å². The summed E-state index contributed by atoms with van der Waals surface area (Å²) in [6.45, 7) is 0. The molecule has 4 nitrogen and oxygen atoms in total. The van der Waals surface area contributed by atoms with Crippen molar-refractivity contribution in [3.63, 3.8) is 0 Å². The van der Waals surface area contributed by atoms with Crippen molar-refractivity contribution in [1.29, 1.82) is 5.41 Å². The second-order valence-electron chi connectivity index (χ2n) is 4.39. The summed E-state index contributed by atoms with van der Waals surface area (Å²) in [6, 6.07) is 8.56. The van der Waals surface area contributed by atoms with E-state index in [1.54, 1.807) is 24.3 Å². The summed E-state index contributed by atoms with van der Waals surface area (Å²) in [5.74, 6) is -0.279. The monoisotopic (exact) mass is 294 g/mol. The van der Waals surface area contributed by atoms with Crippen molar-refractivity contribution in [3.8, 4) is 0 Å². The number of aromatic nitrogens is 1. The van der Waals surface area contributed by atoms with Crippen molar-refractivity contribution >= 4 is 17.3 Å². The molecule has 0 saturated carbocycles. The highest BCUT2D eigenvalue weighted by Crippen LogP contribution is 2.36. The van der Waals surface area contributed by atoms with Crippen LogP contribution in [0.2, 0.25) is 0 Å². The Morgan fingerprint density at radius 3 is 2.33 bits per heavy atom. The number of halogens is 3. The molecule has 1 aromatic heterocycles. The first kappa shape index (κ1) is 14.8. The van der Waals surface area contributed by atoms with Crippen LogP contribution in [0.3, 0.4) is 0 Å². The summed E-state index contributed by atoms with van der Waals surface area (Å²) >= 11 is 0. The Labute approximate surface area is 119 Å². The molecule has 0 unspecified atom stereocenters. The maximum Gasteiger partial charge on any atom is 0.419 e. The Hall–Kier alpha value is -2.57. The molecule has 21 heavy (non-hydrogen) atoms. The Morgan fingerprint density at radius 2 is 1.81 bits per heavy atom. The number of alkyl halides is 3. The number of rotatable bonds is 3. The lowest BCUT2D eigenvalue weighted by atomic mass is 10.1. The van der Waals surface area contributed by atoms with Crippen LogP contribution in [0.5, 0.6) is 0 Å². The van der Waals surface area contributed by atoms with Crippen molar-refractivity contribution in [2.24, 2.45) is 5.73 Å². The van der Waals surface area contributed by atoms with Crippen molar-refractivity contribution in [2.75, 3.05) is 11.9 Å². The molecule has 0 bridgehead atoms. The van der Waals surface area contributed by atoms with Crippen molar-refractivity contribution in [2.45, 2.75) is 6.18 Å². The topological polar surface area (TPSA) is 66.0 Å². The Morgan fingerprint density at radius 1 is 1.19 bits per heavy atom. The molecule has 0 aliphatic heterocycles. The first-order chi connectivity index (χ1) is 9.80. The predicted octanol–water partition coefficient (Wildman–Crippen LogP) is 3.15. The minimum atomic E-state index is -4.48. The number of nitrogens with two attached hydrogens (primary N) is 1. The Kier molecular flexibility index (Phi) is 3.84. The van der Waals surface area contributed by atoms with Crippen LogP contribution in [0.4, 0.5) is 24.7 Å². The van der Waals surface area contributed by atoms with E-state index < -0.39 is 11.7 Å². The molecule has 0 aliphatic rings. The number of anilines is 2. The third-order valence-electron chi connectivity index (χ3n) is 2.98. The van der Waals surface area contributed by atoms with Crippen LogP contribution in [-0.4, -0.2) is 17.9 Å². The second-order valence-corrected chi connectivity index (χ2v) is 4.39. The van der Waals surface area contributed by atoms with Crippen LogP contribution in [0.1, 0.15) is 11.1 Å². The highest BCUT2D eigenvalue weighted by Gasteiger charge is 2.35. The summed E-state index contributed by atoms with van der Waals surface area (Å²) in [4.78, 5) is 5.16. The molecule has 1 aromatic carbocycles. The lowest BCUT2D eigenvalue weighted by Gasteiger charge is -2.22. The average molecular weight is 294 g/mol. The van der Waals surface area contributed by atoms with Gasteiger partial charge in [0.25, 0.3) is 0 Å². The van der Waals surface area contributed by atoms with Gasteiger partial charge in [-0.2, -0.15) is 13.2 Å². The maximum atomic E-state index is 13.0. The van der Waals surface area contributed by atoms with Crippen LogP contribution < -0.4 is 10.6 Å². The van der Waals surface area contributed by atoms with Crippen LogP contribution >= 0.6 is 0 Å². The van der Waals surface area contributed by atoms with Crippen LogP contribution in [0.25, 0.3) is 0 Å². The van der Waals surface area contributed by atoms with Gasteiger partial charge in [0.05, 0.1) is 5.56 Å². The van der Waals surface area contributed by atoms with E-state index >= 15 is 0 Å². The number of hydrogen-bond acceptors (Lipinski definition) is 3. The lowest BCUT2D eigenvalue weighted by Crippen LogP contribution is -2.18. The van der Waals surface area contributed by atoms with E-state index in [4.69, 9.17) is 11.1 Å². The number of benzene rings is 1. The molecular formula is C14H13F3N4. The minimum absolute atomic E-state index is 0.0991. The summed E-state index contributed by atoms with van der Waals surface area (Å²) in [5, 5.41) is 7.30. The van der Waals surface area contributed by atoms with E-state index in [1.165, 1.54) is 24.2 Å². The molecule has 2 rings (SSSR count). The fraction of sp³-hybridized carbons (Fsp3) is 0.143. The number of hydrogen-bond donors (Lipinski definition) is 2. The summed E-state index contributed by atoms with van der Waals surface area (Å²) in [5.41, 5.74) is 5.56. The van der Waals surface area contributed by atoms with Crippen LogP contribution in [0.15, 0.2) is 42.6 Å². The molecule has 110 valence electrons. The summed E-state index contributed by atoms with van der Waals surface area (Å²) in [6.07, 6.45) is -3.16. The van der Waals surface area contributed by atoms with Gasteiger partial charge in [0, 0.05) is 24.5 Å². The number of amidine groups is 1. The third-order valence-corrected chi connectivity index (χ3v) is 2.98. The summed E-state index contributed by atoms with van der Waals surface area (Å²) < 4.78 is 38.9. The highest BCUT2D eigenvalue weighted by atomic mass is 19.4. The standard InChI is InChI=1S/C14H13F3N4/c1-21(10-6-4-9(5-7-10)12(18)19)13-11(14(15,16)17)3-2-8-20-13/h2-8H,1H3,(H3,18,19). The zero-order valence-electron chi connectivity index (χ0n) is 11.1. The molecule has 0 fully saturated rings. The molecule has 7 heteroatoms. The van der Waals surface area contributed by atoms with Gasteiger partial charge in [-0.05, 0) is 36.4 Å². The molecule has 3 N–H and O–H groups in total. The Balaban J connectivity index is 2.40. The highest BCUT2D eigenvalue weighted by molar-refractivity contribution is 5.95. The lowest BCUT2D eigenvalue weighted by molar-refractivity contribution is -0.137. The van der Waals surface area contributed by atoms with Gasteiger partial charge in [0.1, 0.15) is 11.7 Å². The van der Waals surface area contributed by atoms with Crippen molar-refractivity contribution in [3.05, 3.63) is 53.7 Å². The largest absolute Gasteiger partial charge is 0.419 e. The zero-order chi connectivity index (χ0) is 15.6. The molecule has 1 heterocycles. The van der Waals surface area contributed by atoms with Gasteiger partial charge >= 0.3 is 6.18 Å². The molecule has 2 aromatic rings. The van der Waals surface area contributed by atoms with E-state index in [0.29, 0.717) is 11.3 Å². The van der Waals surface area contributed by atoms with E-state index in [1.807, 2.05) is 0 Å². The number of pyridine rings is 1. The average Bonchev–Trinajstić information content (AvgIpc) is 2.45. The molecule has 0 spiro atoms.